The molecule has 1 N–H and O–H groups in total. The molecule has 0 bridgehead atoms. The molecule has 1 aliphatic rings. The highest BCUT2D eigenvalue weighted by Crippen LogP contribution is 2.20. The zero-order valence-electron chi connectivity index (χ0n) is 11.8. The van der Waals surface area contributed by atoms with Gasteiger partial charge in [0.2, 0.25) is 5.78 Å². The molecule has 0 saturated heterocycles. The fraction of sp³-hybridized carbons (Fsp3) is 0.250. The summed E-state index contributed by atoms with van der Waals surface area (Å²) >= 11 is 0. The Hall–Kier alpha value is -2.40. The molecule has 21 heavy (non-hydrogen) atoms. The smallest absolute Gasteiger partial charge is 0.220 e. The van der Waals surface area contributed by atoms with Crippen LogP contribution >= 0.6 is 0 Å². The van der Waals surface area contributed by atoms with Crippen molar-refractivity contribution >= 4 is 23.6 Å². The molecular weight excluding hydrogens is 270 g/mol. The third kappa shape index (κ3) is 2.73. The van der Waals surface area contributed by atoms with E-state index in [1.165, 1.54) is 6.08 Å². The van der Waals surface area contributed by atoms with Crippen molar-refractivity contribution in [3.63, 3.8) is 0 Å². The summed E-state index contributed by atoms with van der Waals surface area (Å²) in [7, 11) is 0. The maximum absolute atomic E-state index is 12.1. The van der Waals surface area contributed by atoms with E-state index >= 15 is 0 Å². The maximum atomic E-state index is 12.1. The van der Waals surface area contributed by atoms with Crippen LogP contribution in [0, 0.1) is 0 Å². The fourth-order valence-corrected chi connectivity index (χ4v) is 2.08. The number of allylic oxidation sites excluding steroid dienone is 1. The first-order valence-corrected chi connectivity index (χ1v) is 6.45. The molecule has 0 heterocycles. The van der Waals surface area contributed by atoms with Crippen molar-refractivity contribution in [1.82, 2.24) is 0 Å². The monoisotopic (exact) mass is 285 g/mol. The number of nitrogens with zero attached hydrogens (tertiary/aromatic N) is 1. The van der Waals surface area contributed by atoms with E-state index in [-0.39, 0.29) is 12.3 Å². The van der Waals surface area contributed by atoms with Gasteiger partial charge in [0.15, 0.2) is 11.4 Å². The standard InChI is InChI=1S/C16H15NO4/c1-10-7-13(19)16(2,21)15(20)14(10)17-8-11-5-3-4-6-12(11)9-18/h3-7,9,21H,8H2,1-2H3. The van der Waals surface area contributed by atoms with Gasteiger partial charge in [0, 0.05) is 5.56 Å². The number of ketones is 2. The second-order valence-corrected chi connectivity index (χ2v) is 5.07. The lowest BCUT2D eigenvalue weighted by atomic mass is 9.83. The predicted molar refractivity (Wildman–Crippen MR) is 77.4 cm³/mol. The van der Waals surface area contributed by atoms with Crippen LogP contribution in [-0.4, -0.2) is 34.3 Å². The Morgan fingerprint density at radius 1 is 1.29 bits per heavy atom. The molecule has 1 atom stereocenters. The number of aliphatic hydroxyl groups is 1. The van der Waals surface area contributed by atoms with Crippen LogP contribution in [0.4, 0.5) is 0 Å². The van der Waals surface area contributed by atoms with Gasteiger partial charge in [-0.25, -0.2) is 0 Å². The molecule has 5 nitrogen and oxygen atoms in total. The lowest BCUT2D eigenvalue weighted by Gasteiger charge is -2.24. The summed E-state index contributed by atoms with van der Waals surface area (Å²) in [6.07, 6.45) is 1.94. The number of aliphatic imine (C=N–C) groups is 1. The number of carbonyl (C=O) groups excluding carboxylic acids is 3. The first kappa shape index (κ1) is 15.0. The number of hydrogen-bond donors (Lipinski definition) is 1. The van der Waals surface area contributed by atoms with Gasteiger partial charge in [-0.3, -0.25) is 19.4 Å². The van der Waals surface area contributed by atoms with E-state index in [4.69, 9.17) is 0 Å². The third-order valence-corrected chi connectivity index (χ3v) is 3.45. The van der Waals surface area contributed by atoms with Crippen molar-refractivity contribution in [2.24, 2.45) is 4.99 Å². The van der Waals surface area contributed by atoms with E-state index in [9.17, 15) is 19.5 Å². The molecule has 5 heteroatoms. The first-order valence-electron chi connectivity index (χ1n) is 6.45. The second kappa shape index (κ2) is 5.54. The number of hydrogen-bond acceptors (Lipinski definition) is 5. The molecule has 1 unspecified atom stereocenters. The van der Waals surface area contributed by atoms with Crippen LogP contribution in [0.3, 0.4) is 0 Å². The van der Waals surface area contributed by atoms with Crippen LogP contribution in [0.25, 0.3) is 0 Å². The van der Waals surface area contributed by atoms with Gasteiger partial charge in [-0.15, -0.1) is 0 Å². The number of carbonyl (C=O) groups is 3. The largest absolute Gasteiger partial charge is 0.374 e. The molecular formula is C16H15NO4. The lowest BCUT2D eigenvalue weighted by molar-refractivity contribution is -0.142. The van der Waals surface area contributed by atoms with Crippen molar-refractivity contribution in [3.05, 3.63) is 47.0 Å². The van der Waals surface area contributed by atoms with Gasteiger partial charge in [-0.1, -0.05) is 24.3 Å². The quantitative estimate of drug-likeness (QED) is 0.670. The number of aldehydes is 1. The molecule has 108 valence electrons. The van der Waals surface area contributed by atoms with Gasteiger partial charge in [0.25, 0.3) is 0 Å². The van der Waals surface area contributed by atoms with Crippen molar-refractivity contribution in [2.45, 2.75) is 26.0 Å². The Morgan fingerprint density at radius 3 is 2.62 bits per heavy atom. The van der Waals surface area contributed by atoms with Crippen LogP contribution in [0.2, 0.25) is 0 Å². The van der Waals surface area contributed by atoms with E-state index in [0.29, 0.717) is 16.7 Å². The summed E-state index contributed by atoms with van der Waals surface area (Å²) in [5, 5.41) is 9.92. The molecule has 1 aromatic carbocycles. The third-order valence-electron chi connectivity index (χ3n) is 3.45. The molecule has 0 spiro atoms. The molecule has 2 rings (SSSR count). The summed E-state index contributed by atoms with van der Waals surface area (Å²) < 4.78 is 0. The Morgan fingerprint density at radius 2 is 1.95 bits per heavy atom. The minimum absolute atomic E-state index is 0.0697. The highest BCUT2D eigenvalue weighted by atomic mass is 16.3. The van der Waals surface area contributed by atoms with E-state index in [1.807, 2.05) is 0 Å². The fourth-order valence-electron chi connectivity index (χ4n) is 2.08. The summed E-state index contributed by atoms with van der Waals surface area (Å²) in [6.45, 7) is 2.89. The van der Waals surface area contributed by atoms with Gasteiger partial charge in [0.1, 0.15) is 12.0 Å². The van der Waals surface area contributed by atoms with E-state index in [0.717, 1.165) is 13.2 Å². The van der Waals surface area contributed by atoms with Crippen LogP contribution in [0.5, 0.6) is 0 Å². The van der Waals surface area contributed by atoms with Crippen LogP contribution in [-0.2, 0) is 16.1 Å². The van der Waals surface area contributed by atoms with E-state index in [2.05, 4.69) is 4.99 Å². The summed E-state index contributed by atoms with van der Waals surface area (Å²) in [4.78, 5) is 38.9. The summed E-state index contributed by atoms with van der Waals surface area (Å²) in [5.74, 6) is -1.35. The molecule has 1 aromatic rings. The molecule has 0 amide bonds. The average molecular weight is 285 g/mol. The lowest BCUT2D eigenvalue weighted by Crippen LogP contribution is -2.50. The van der Waals surface area contributed by atoms with Gasteiger partial charge in [-0.2, -0.15) is 0 Å². The Kier molecular flexibility index (Phi) is 3.95. The maximum Gasteiger partial charge on any atom is 0.220 e. The Balaban J connectivity index is 2.37. The van der Waals surface area contributed by atoms with Gasteiger partial charge in [-0.05, 0) is 31.1 Å². The van der Waals surface area contributed by atoms with E-state index < -0.39 is 17.2 Å². The summed E-state index contributed by atoms with van der Waals surface area (Å²) in [6, 6.07) is 6.91. The first-order chi connectivity index (χ1) is 9.87. The Labute approximate surface area is 122 Å². The SMILES string of the molecule is CC1=CC(=O)C(C)(O)C(=O)C1=NCc1ccccc1C=O. The highest BCUT2D eigenvalue weighted by molar-refractivity contribution is 6.54. The zero-order chi connectivity index (χ0) is 15.6. The van der Waals surface area contributed by atoms with Gasteiger partial charge >= 0.3 is 0 Å². The normalized spacial score (nSPS) is 24.1. The Bertz CT molecular complexity index is 683. The molecule has 0 fully saturated rings. The van der Waals surface area contributed by atoms with E-state index in [1.54, 1.807) is 31.2 Å². The molecule has 0 radical (unpaired) electrons. The number of benzene rings is 1. The topological polar surface area (TPSA) is 83.8 Å². The molecule has 0 aromatic heterocycles. The van der Waals surface area contributed by atoms with Crippen LogP contribution < -0.4 is 0 Å². The number of Topliss-reactive ketones (excluding diaryl/α,β-unsaturated/α-hetero) is 1. The predicted octanol–water partition coefficient (Wildman–Crippen LogP) is 1.29. The van der Waals surface area contributed by atoms with Gasteiger partial charge < -0.3 is 5.11 Å². The minimum atomic E-state index is -2.07. The second-order valence-electron chi connectivity index (χ2n) is 5.07. The van der Waals surface area contributed by atoms with Crippen molar-refractivity contribution < 1.29 is 19.5 Å². The number of rotatable bonds is 3. The summed E-state index contributed by atoms with van der Waals surface area (Å²) in [5.41, 5.74) is -0.408. The zero-order valence-corrected chi connectivity index (χ0v) is 11.8. The average Bonchev–Trinajstić information content (AvgIpc) is 2.46. The van der Waals surface area contributed by atoms with Crippen LogP contribution in [0.15, 0.2) is 40.9 Å². The van der Waals surface area contributed by atoms with Crippen molar-refractivity contribution in [2.75, 3.05) is 0 Å². The molecule has 0 saturated carbocycles. The molecule has 1 aliphatic carbocycles. The van der Waals surface area contributed by atoms with Gasteiger partial charge in [0.05, 0.1) is 6.54 Å². The minimum Gasteiger partial charge on any atom is -0.374 e. The van der Waals surface area contributed by atoms with Crippen molar-refractivity contribution in [3.8, 4) is 0 Å². The van der Waals surface area contributed by atoms with Crippen LogP contribution in [0.1, 0.15) is 29.8 Å². The molecule has 0 aliphatic heterocycles. The highest BCUT2D eigenvalue weighted by Gasteiger charge is 2.43. The van der Waals surface area contributed by atoms with Crippen molar-refractivity contribution in [1.29, 1.82) is 0 Å².